The Morgan fingerprint density at radius 2 is 2.11 bits per heavy atom. The minimum Gasteiger partial charge on any atom is -0.497 e. The molecule has 3 aromatic rings. The quantitative estimate of drug-likeness (QED) is 0.697. The third kappa shape index (κ3) is 4.22. The molecule has 8 nitrogen and oxygen atoms in total. The molecule has 0 aliphatic heterocycles. The van der Waals surface area contributed by atoms with Gasteiger partial charge in [-0.05, 0) is 31.5 Å². The summed E-state index contributed by atoms with van der Waals surface area (Å²) in [5.41, 5.74) is 1.54. The molecule has 0 bridgehead atoms. The number of nitrogens with zero attached hydrogens (tertiary/aromatic N) is 3. The van der Waals surface area contributed by atoms with Crippen molar-refractivity contribution in [3.05, 3.63) is 63.7 Å². The molecule has 140 valence electrons. The average molecular weight is 367 g/mol. The van der Waals surface area contributed by atoms with E-state index < -0.39 is 0 Å². The summed E-state index contributed by atoms with van der Waals surface area (Å²) in [5.74, 6) is 0.949. The lowest BCUT2D eigenvalue weighted by Crippen LogP contribution is -2.19. The van der Waals surface area contributed by atoms with Gasteiger partial charge in [0.1, 0.15) is 11.6 Å². The zero-order valence-corrected chi connectivity index (χ0v) is 15.4. The van der Waals surface area contributed by atoms with Crippen LogP contribution in [0.25, 0.3) is 5.95 Å². The van der Waals surface area contributed by atoms with Gasteiger partial charge in [0.25, 0.3) is 11.5 Å². The molecule has 0 radical (unpaired) electrons. The summed E-state index contributed by atoms with van der Waals surface area (Å²) in [4.78, 5) is 31.7. The Kier molecular flexibility index (Phi) is 5.35. The highest BCUT2D eigenvalue weighted by molar-refractivity contribution is 6.04. The summed E-state index contributed by atoms with van der Waals surface area (Å²) in [7, 11) is 1.54. The summed E-state index contributed by atoms with van der Waals surface area (Å²) >= 11 is 0. The fraction of sp³-hybridized carbons (Fsp3) is 0.263. The number of H-pyrrole nitrogens is 1. The number of ether oxygens (including phenoxy) is 1. The first-order chi connectivity index (χ1) is 13.0. The van der Waals surface area contributed by atoms with E-state index in [9.17, 15) is 9.59 Å². The van der Waals surface area contributed by atoms with Crippen molar-refractivity contribution in [3.63, 3.8) is 0 Å². The molecule has 3 rings (SSSR count). The van der Waals surface area contributed by atoms with E-state index in [2.05, 4.69) is 20.4 Å². The first-order valence-electron chi connectivity index (χ1n) is 8.63. The molecular weight excluding hydrogens is 346 g/mol. The molecule has 0 spiro atoms. The third-order valence-electron chi connectivity index (χ3n) is 3.89. The Hall–Kier alpha value is -3.42. The number of aryl methyl sites for hydroxylation is 2. The maximum Gasteiger partial charge on any atom is 0.256 e. The predicted molar refractivity (Wildman–Crippen MR) is 102 cm³/mol. The first kappa shape index (κ1) is 18.4. The maximum absolute atomic E-state index is 12.6. The van der Waals surface area contributed by atoms with Crippen molar-refractivity contribution in [1.29, 1.82) is 0 Å². The van der Waals surface area contributed by atoms with Crippen molar-refractivity contribution in [2.75, 3.05) is 12.4 Å². The van der Waals surface area contributed by atoms with Gasteiger partial charge in [-0.3, -0.25) is 14.6 Å². The molecule has 27 heavy (non-hydrogen) atoms. The zero-order chi connectivity index (χ0) is 19.4. The van der Waals surface area contributed by atoms with Gasteiger partial charge in [0.15, 0.2) is 0 Å². The number of hydrogen-bond acceptors (Lipinski definition) is 5. The van der Waals surface area contributed by atoms with Crippen LogP contribution in [-0.2, 0) is 6.42 Å². The molecular formula is C19H21N5O3. The number of aromatic nitrogens is 4. The number of carbonyl (C=O) groups excluding carboxylic acids is 1. The molecule has 8 heteroatoms. The number of nitrogens with one attached hydrogen (secondary N) is 2. The van der Waals surface area contributed by atoms with E-state index in [0.717, 1.165) is 6.42 Å². The summed E-state index contributed by atoms with van der Waals surface area (Å²) in [6.45, 7) is 3.81. The normalized spacial score (nSPS) is 10.6. The van der Waals surface area contributed by atoms with Crippen LogP contribution in [0.2, 0.25) is 0 Å². The summed E-state index contributed by atoms with van der Waals surface area (Å²) in [6, 6.07) is 10.0. The molecule has 0 fully saturated rings. The maximum atomic E-state index is 12.6. The molecule has 1 aromatic carbocycles. The van der Waals surface area contributed by atoms with Crippen LogP contribution in [0.3, 0.4) is 0 Å². The van der Waals surface area contributed by atoms with E-state index >= 15 is 0 Å². The molecule has 0 saturated carbocycles. The lowest BCUT2D eigenvalue weighted by molar-refractivity contribution is 0.102. The number of hydrogen-bond donors (Lipinski definition) is 2. The Balaban J connectivity index is 1.94. The Morgan fingerprint density at radius 3 is 2.85 bits per heavy atom. The third-order valence-corrected chi connectivity index (χ3v) is 3.89. The van der Waals surface area contributed by atoms with E-state index in [4.69, 9.17) is 4.74 Å². The highest BCUT2D eigenvalue weighted by Gasteiger charge is 2.15. The SMILES string of the molecule is CCCc1cc(=O)[nH]c(-n2nc(C)cc2NC(=O)c2cccc(OC)c2)n1. The zero-order valence-electron chi connectivity index (χ0n) is 15.4. The van der Waals surface area contributed by atoms with Crippen LogP contribution in [0.15, 0.2) is 41.2 Å². The standard InChI is InChI=1S/C19H21N5O3/c1-4-6-14-11-17(25)22-19(20-14)24-16(9-12(2)23-24)21-18(26)13-7-5-8-15(10-13)27-3/h5,7-11H,4,6H2,1-3H3,(H,21,26)(H,20,22,25). The number of anilines is 1. The van der Waals surface area contributed by atoms with Gasteiger partial charge in [-0.1, -0.05) is 19.4 Å². The molecule has 0 saturated heterocycles. The summed E-state index contributed by atoms with van der Waals surface area (Å²) < 4.78 is 6.58. The van der Waals surface area contributed by atoms with E-state index in [1.807, 2.05) is 6.92 Å². The van der Waals surface area contributed by atoms with Crippen LogP contribution >= 0.6 is 0 Å². The van der Waals surface area contributed by atoms with E-state index in [1.165, 1.54) is 10.7 Å². The largest absolute Gasteiger partial charge is 0.497 e. The van der Waals surface area contributed by atoms with Gasteiger partial charge in [0.05, 0.1) is 12.8 Å². The van der Waals surface area contributed by atoms with Crippen molar-refractivity contribution in [2.45, 2.75) is 26.7 Å². The molecule has 1 amide bonds. The average Bonchev–Trinajstić information content (AvgIpc) is 3.01. The second-order valence-electron chi connectivity index (χ2n) is 6.08. The number of methoxy groups -OCH3 is 1. The molecule has 0 atom stereocenters. The van der Waals surface area contributed by atoms with E-state index in [0.29, 0.717) is 34.9 Å². The number of benzene rings is 1. The van der Waals surface area contributed by atoms with Crippen molar-refractivity contribution >= 4 is 11.7 Å². The Bertz CT molecular complexity index is 1020. The van der Waals surface area contributed by atoms with Crippen LogP contribution in [0, 0.1) is 6.92 Å². The smallest absolute Gasteiger partial charge is 0.256 e. The molecule has 0 aliphatic carbocycles. The molecule has 2 heterocycles. The van der Waals surface area contributed by atoms with Crippen LogP contribution in [0.5, 0.6) is 5.75 Å². The predicted octanol–water partition coefficient (Wildman–Crippen LogP) is 2.48. The van der Waals surface area contributed by atoms with Gasteiger partial charge in [0.2, 0.25) is 5.95 Å². The van der Waals surface area contributed by atoms with Gasteiger partial charge in [-0.15, -0.1) is 0 Å². The minimum atomic E-state index is -0.317. The minimum absolute atomic E-state index is 0.262. The number of amides is 1. The Morgan fingerprint density at radius 1 is 1.30 bits per heavy atom. The van der Waals surface area contributed by atoms with E-state index in [1.54, 1.807) is 44.4 Å². The fourth-order valence-electron chi connectivity index (χ4n) is 2.68. The summed E-state index contributed by atoms with van der Waals surface area (Å²) in [5, 5.41) is 7.16. The second-order valence-corrected chi connectivity index (χ2v) is 6.08. The molecule has 0 aliphatic rings. The van der Waals surface area contributed by atoms with Crippen LogP contribution < -0.4 is 15.6 Å². The number of rotatable bonds is 6. The van der Waals surface area contributed by atoms with Crippen molar-refractivity contribution < 1.29 is 9.53 Å². The molecule has 2 aromatic heterocycles. The highest BCUT2D eigenvalue weighted by Crippen LogP contribution is 2.17. The monoisotopic (exact) mass is 367 g/mol. The van der Waals surface area contributed by atoms with Gasteiger partial charge in [-0.25, -0.2) is 4.98 Å². The highest BCUT2D eigenvalue weighted by atomic mass is 16.5. The van der Waals surface area contributed by atoms with Crippen molar-refractivity contribution in [1.82, 2.24) is 19.7 Å². The topological polar surface area (TPSA) is 102 Å². The van der Waals surface area contributed by atoms with Crippen molar-refractivity contribution in [3.8, 4) is 11.7 Å². The van der Waals surface area contributed by atoms with Gasteiger partial charge < -0.3 is 10.1 Å². The number of carbonyl (C=O) groups is 1. The van der Waals surface area contributed by atoms with Crippen molar-refractivity contribution in [2.24, 2.45) is 0 Å². The van der Waals surface area contributed by atoms with Crippen LogP contribution in [0.1, 0.15) is 35.1 Å². The lowest BCUT2D eigenvalue weighted by Gasteiger charge is -2.09. The van der Waals surface area contributed by atoms with Gasteiger partial charge in [-0.2, -0.15) is 9.78 Å². The number of aromatic amines is 1. The van der Waals surface area contributed by atoms with Gasteiger partial charge in [0, 0.05) is 23.4 Å². The lowest BCUT2D eigenvalue weighted by atomic mass is 10.2. The molecule has 0 unspecified atom stereocenters. The first-order valence-corrected chi connectivity index (χ1v) is 8.63. The fourth-order valence-corrected chi connectivity index (χ4v) is 2.68. The van der Waals surface area contributed by atoms with Gasteiger partial charge >= 0.3 is 0 Å². The van der Waals surface area contributed by atoms with Crippen LogP contribution in [0.4, 0.5) is 5.82 Å². The molecule has 2 N–H and O–H groups in total. The Labute approximate surface area is 156 Å². The summed E-state index contributed by atoms with van der Waals surface area (Å²) in [6.07, 6.45) is 1.55. The van der Waals surface area contributed by atoms with Crippen LogP contribution in [-0.4, -0.2) is 32.8 Å². The second kappa shape index (κ2) is 7.86. The van der Waals surface area contributed by atoms with E-state index in [-0.39, 0.29) is 17.4 Å².